The van der Waals surface area contributed by atoms with E-state index < -0.39 is 5.97 Å². The molecule has 2 heterocycles. The molecule has 0 atom stereocenters. The first-order valence-electron chi connectivity index (χ1n) is 6.53. The Morgan fingerprint density at radius 2 is 2.10 bits per heavy atom. The van der Waals surface area contributed by atoms with Crippen LogP contribution >= 0.6 is 11.3 Å². The Labute approximate surface area is 125 Å². The molecule has 0 spiro atoms. The molecule has 0 saturated heterocycles. The number of carbonyl (C=O) groups is 1. The number of aryl methyl sites for hydroxylation is 1. The molecule has 0 aliphatic rings. The molecule has 0 saturated carbocycles. The van der Waals surface area contributed by atoms with E-state index in [1.165, 1.54) is 11.3 Å². The van der Waals surface area contributed by atoms with Crippen molar-refractivity contribution < 1.29 is 9.90 Å². The van der Waals surface area contributed by atoms with Crippen molar-refractivity contribution in [2.75, 3.05) is 0 Å². The van der Waals surface area contributed by atoms with E-state index in [9.17, 15) is 9.90 Å². The Morgan fingerprint density at radius 1 is 1.29 bits per heavy atom. The predicted octanol–water partition coefficient (Wildman–Crippen LogP) is 3.26. The summed E-state index contributed by atoms with van der Waals surface area (Å²) in [5.41, 5.74) is 2.46. The SMILES string of the molecule is CCc1ccccc1-n1nnc(C(=O)O)c1-c1cccs1. The number of hydrogen-bond donors (Lipinski definition) is 1. The maximum atomic E-state index is 11.4. The Kier molecular flexibility index (Phi) is 3.53. The maximum Gasteiger partial charge on any atom is 0.358 e. The third-order valence-electron chi connectivity index (χ3n) is 3.23. The van der Waals surface area contributed by atoms with Gasteiger partial charge in [-0.15, -0.1) is 16.4 Å². The van der Waals surface area contributed by atoms with E-state index in [1.807, 2.05) is 41.8 Å². The van der Waals surface area contributed by atoms with Crippen LogP contribution in [0.5, 0.6) is 0 Å². The van der Waals surface area contributed by atoms with Crippen molar-refractivity contribution in [1.82, 2.24) is 15.0 Å². The lowest BCUT2D eigenvalue weighted by Crippen LogP contribution is -2.04. The number of benzene rings is 1. The van der Waals surface area contributed by atoms with E-state index in [1.54, 1.807) is 4.68 Å². The molecular weight excluding hydrogens is 286 g/mol. The lowest BCUT2D eigenvalue weighted by Gasteiger charge is -2.09. The summed E-state index contributed by atoms with van der Waals surface area (Å²) >= 11 is 1.47. The van der Waals surface area contributed by atoms with E-state index in [0.29, 0.717) is 5.69 Å². The molecule has 3 rings (SSSR count). The number of thiophene rings is 1. The highest BCUT2D eigenvalue weighted by Crippen LogP contribution is 2.30. The summed E-state index contributed by atoms with van der Waals surface area (Å²) in [6, 6.07) is 11.6. The van der Waals surface area contributed by atoms with E-state index in [-0.39, 0.29) is 5.69 Å². The van der Waals surface area contributed by atoms with Gasteiger partial charge in [-0.25, -0.2) is 9.48 Å². The van der Waals surface area contributed by atoms with Crippen molar-refractivity contribution in [2.45, 2.75) is 13.3 Å². The number of nitrogens with zero attached hydrogens (tertiary/aromatic N) is 3. The van der Waals surface area contributed by atoms with Gasteiger partial charge in [0.1, 0.15) is 5.69 Å². The van der Waals surface area contributed by atoms with Gasteiger partial charge in [0.2, 0.25) is 0 Å². The largest absolute Gasteiger partial charge is 0.476 e. The second-order valence-electron chi connectivity index (χ2n) is 4.46. The van der Waals surface area contributed by atoms with Crippen LogP contribution in [0.3, 0.4) is 0 Å². The molecule has 0 fully saturated rings. The molecule has 0 amide bonds. The summed E-state index contributed by atoms with van der Waals surface area (Å²) in [6.45, 7) is 2.05. The molecule has 2 aromatic heterocycles. The normalized spacial score (nSPS) is 10.7. The second kappa shape index (κ2) is 5.49. The highest BCUT2D eigenvalue weighted by Gasteiger charge is 2.22. The van der Waals surface area contributed by atoms with Gasteiger partial charge >= 0.3 is 5.97 Å². The van der Waals surface area contributed by atoms with Crippen LogP contribution in [0.4, 0.5) is 0 Å². The highest BCUT2D eigenvalue weighted by atomic mass is 32.1. The van der Waals surface area contributed by atoms with Gasteiger partial charge in [-0.1, -0.05) is 36.4 Å². The molecule has 1 N–H and O–H groups in total. The number of carboxylic acids is 1. The number of carboxylic acid groups (broad SMARTS) is 1. The van der Waals surface area contributed by atoms with E-state index >= 15 is 0 Å². The molecule has 0 unspecified atom stereocenters. The molecule has 6 heteroatoms. The highest BCUT2D eigenvalue weighted by molar-refractivity contribution is 7.13. The minimum atomic E-state index is -1.07. The first-order chi connectivity index (χ1) is 10.2. The fourth-order valence-electron chi connectivity index (χ4n) is 2.25. The van der Waals surface area contributed by atoms with Gasteiger partial charge in [0, 0.05) is 0 Å². The van der Waals surface area contributed by atoms with Gasteiger partial charge in [-0.3, -0.25) is 0 Å². The van der Waals surface area contributed by atoms with Crippen LogP contribution in [0.15, 0.2) is 41.8 Å². The zero-order valence-corrected chi connectivity index (χ0v) is 12.2. The maximum absolute atomic E-state index is 11.4. The lowest BCUT2D eigenvalue weighted by molar-refractivity contribution is 0.0691. The molecular formula is C15H13N3O2S. The average molecular weight is 299 g/mol. The Hall–Kier alpha value is -2.47. The number of hydrogen-bond acceptors (Lipinski definition) is 4. The van der Waals surface area contributed by atoms with Crippen LogP contribution in [0.2, 0.25) is 0 Å². The third kappa shape index (κ3) is 2.34. The van der Waals surface area contributed by atoms with Crippen molar-refractivity contribution in [3.8, 4) is 16.3 Å². The summed E-state index contributed by atoms with van der Waals surface area (Å²) in [6.07, 6.45) is 0.836. The van der Waals surface area contributed by atoms with Crippen molar-refractivity contribution in [2.24, 2.45) is 0 Å². The number of aromatic carboxylic acids is 1. The minimum Gasteiger partial charge on any atom is -0.476 e. The zero-order chi connectivity index (χ0) is 14.8. The van der Waals surface area contributed by atoms with Crippen molar-refractivity contribution >= 4 is 17.3 Å². The molecule has 106 valence electrons. The fourth-order valence-corrected chi connectivity index (χ4v) is 3.00. The molecule has 21 heavy (non-hydrogen) atoms. The minimum absolute atomic E-state index is 0.0247. The molecule has 0 aliphatic carbocycles. The first-order valence-corrected chi connectivity index (χ1v) is 7.41. The van der Waals surface area contributed by atoms with Crippen LogP contribution in [0.1, 0.15) is 23.0 Å². The molecule has 3 aromatic rings. The summed E-state index contributed by atoms with van der Waals surface area (Å²) in [4.78, 5) is 12.2. The Morgan fingerprint density at radius 3 is 2.76 bits per heavy atom. The number of para-hydroxylation sites is 1. The van der Waals surface area contributed by atoms with Crippen molar-refractivity contribution in [3.63, 3.8) is 0 Å². The monoisotopic (exact) mass is 299 g/mol. The standard InChI is InChI=1S/C15H13N3O2S/c1-2-10-6-3-4-7-11(10)18-14(12-8-5-9-21-12)13(15(19)20)16-17-18/h3-9H,2H2,1H3,(H,19,20). The summed E-state index contributed by atoms with van der Waals surface area (Å²) in [5, 5.41) is 19.2. The Balaban J connectivity index is 2.27. The average Bonchev–Trinajstić information content (AvgIpc) is 3.15. The van der Waals surface area contributed by atoms with Crippen LogP contribution in [0.25, 0.3) is 16.3 Å². The van der Waals surface area contributed by atoms with Gasteiger partial charge in [0.15, 0.2) is 5.69 Å². The van der Waals surface area contributed by atoms with Crippen LogP contribution in [-0.4, -0.2) is 26.1 Å². The van der Waals surface area contributed by atoms with Crippen LogP contribution in [-0.2, 0) is 6.42 Å². The first kappa shape index (κ1) is 13.5. The predicted molar refractivity (Wildman–Crippen MR) is 81.0 cm³/mol. The van der Waals surface area contributed by atoms with Gasteiger partial charge in [0.25, 0.3) is 0 Å². The third-order valence-corrected chi connectivity index (χ3v) is 4.10. The van der Waals surface area contributed by atoms with Gasteiger partial charge < -0.3 is 5.11 Å². The molecule has 5 nitrogen and oxygen atoms in total. The topological polar surface area (TPSA) is 68.0 Å². The van der Waals surface area contributed by atoms with E-state index in [0.717, 1.165) is 22.5 Å². The van der Waals surface area contributed by atoms with Crippen LogP contribution < -0.4 is 0 Å². The van der Waals surface area contributed by atoms with Gasteiger partial charge in [-0.05, 0) is 29.5 Å². The number of rotatable bonds is 4. The van der Waals surface area contributed by atoms with E-state index in [2.05, 4.69) is 17.2 Å². The summed E-state index contributed by atoms with van der Waals surface area (Å²) < 4.78 is 1.62. The molecule has 1 aromatic carbocycles. The molecule has 0 aliphatic heterocycles. The smallest absolute Gasteiger partial charge is 0.358 e. The molecule has 0 radical (unpaired) electrons. The van der Waals surface area contributed by atoms with Gasteiger partial charge in [-0.2, -0.15) is 0 Å². The van der Waals surface area contributed by atoms with Crippen LogP contribution in [0, 0.1) is 0 Å². The van der Waals surface area contributed by atoms with Crippen molar-refractivity contribution in [1.29, 1.82) is 0 Å². The zero-order valence-electron chi connectivity index (χ0n) is 11.4. The lowest BCUT2D eigenvalue weighted by atomic mass is 10.1. The fraction of sp³-hybridized carbons (Fsp3) is 0.133. The summed E-state index contributed by atoms with van der Waals surface area (Å²) in [7, 11) is 0. The summed E-state index contributed by atoms with van der Waals surface area (Å²) in [5.74, 6) is -1.07. The van der Waals surface area contributed by atoms with E-state index in [4.69, 9.17) is 0 Å². The second-order valence-corrected chi connectivity index (χ2v) is 5.41. The number of aromatic nitrogens is 3. The quantitative estimate of drug-likeness (QED) is 0.803. The molecule has 0 bridgehead atoms. The Bertz CT molecular complexity index is 778. The van der Waals surface area contributed by atoms with Crippen molar-refractivity contribution in [3.05, 3.63) is 53.0 Å². The van der Waals surface area contributed by atoms with Gasteiger partial charge in [0.05, 0.1) is 10.6 Å².